The van der Waals surface area contributed by atoms with Crippen LogP contribution < -0.4 is 10.2 Å². The molecule has 2 rings (SSSR count). The summed E-state index contributed by atoms with van der Waals surface area (Å²) in [6.07, 6.45) is 1.71. The zero-order valence-electron chi connectivity index (χ0n) is 11.5. The fraction of sp³-hybridized carbons (Fsp3) is 0.0625. The molecule has 4 nitrogen and oxygen atoms in total. The topological polar surface area (TPSA) is 61.4 Å². The maximum atomic E-state index is 11.2. The van der Waals surface area contributed by atoms with Crippen molar-refractivity contribution < 1.29 is 10.0 Å². The third kappa shape index (κ3) is 4.66. The van der Waals surface area contributed by atoms with Gasteiger partial charge in [-0.2, -0.15) is 0 Å². The summed E-state index contributed by atoms with van der Waals surface area (Å²) in [5.74, 6) is -0.503. The van der Waals surface area contributed by atoms with Gasteiger partial charge in [0.2, 0.25) is 0 Å². The van der Waals surface area contributed by atoms with Crippen LogP contribution in [0.3, 0.4) is 0 Å². The summed E-state index contributed by atoms with van der Waals surface area (Å²) in [6.45, 7) is 1.64. The van der Waals surface area contributed by atoms with E-state index in [-0.39, 0.29) is 0 Å². The van der Waals surface area contributed by atoms with Gasteiger partial charge >= 0.3 is 0 Å². The summed E-state index contributed by atoms with van der Waals surface area (Å²) < 4.78 is 3.25. The summed E-state index contributed by atoms with van der Waals surface area (Å²) in [4.78, 5) is 12.3. The minimum Gasteiger partial charge on any atom is -0.326 e. The molecule has 108 valence electrons. The van der Waals surface area contributed by atoms with Crippen LogP contribution in [-0.4, -0.2) is 11.1 Å². The predicted molar refractivity (Wildman–Crippen MR) is 85.9 cm³/mol. The quantitative estimate of drug-likeness (QED) is 0.341. The Balaban J connectivity index is 1.97. The molecular formula is C16H16N2O2S. The molecule has 0 aromatic heterocycles. The number of amides is 1. The number of hydrogen-bond acceptors (Lipinski definition) is 4. The van der Waals surface area contributed by atoms with E-state index >= 15 is 0 Å². The standard InChI is InChI=1S/C16H16N2O2S/c1-12(16(19)17-20)11-13-7-9-14(10-8-13)18-21-15-5-3-2-4-6-15/h2-11,18,20H,1H3,(H,17,19)/b12-11+. The van der Waals surface area contributed by atoms with E-state index in [2.05, 4.69) is 4.72 Å². The molecule has 0 spiro atoms. The Labute approximate surface area is 128 Å². The van der Waals surface area contributed by atoms with Crippen LogP contribution in [0.1, 0.15) is 12.5 Å². The molecule has 21 heavy (non-hydrogen) atoms. The molecule has 0 aliphatic heterocycles. The molecule has 0 aliphatic rings. The van der Waals surface area contributed by atoms with Crippen LogP contribution in [0.2, 0.25) is 0 Å². The van der Waals surface area contributed by atoms with Crippen LogP contribution in [-0.2, 0) is 4.79 Å². The SMILES string of the molecule is C/C(=C\c1ccc(NSc2ccccc2)cc1)C(=O)NO. The van der Waals surface area contributed by atoms with Crippen LogP contribution in [0.15, 0.2) is 65.1 Å². The molecule has 2 aromatic carbocycles. The van der Waals surface area contributed by atoms with Crippen molar-refractivity contribution in [3.05, 3.63) is 65.7 Å². The summed E-state index contributed by atoms with van der Waals surface area (Å²) >= 11 is 1.54. The molecule has 0 atom stereocenters. The third-order valence-electron chi connectivity index (χ3n) is 2.78. The van der Waals surface area contributed by atoms with Gasteiger partial charge in [0, 0.05) is 16.2 Å². The number of nitrogens with one attached hydrogen (secondary N) is 2. The first-order chi connectivity index (χ1) is 10.2. The first kappa shape index (κ1) is 15.2. The van der Waals surface area contributed by atoms with E-state index in [1.807, 2.05) is 54.6 Å². The molecule has 0 radical (unpaired) electrons. The lowest BCUT2D eigenvalue weighted by Gasteiger charge is -2.06. The predicted octanol–water partition coefficient (Wildman–Crippen LogP) is 3.71. The van der Waals surface area contributed by atoms with Crippen molar-refractivity contribution in [2.24, 2.45) is 0 Å². The lowest BCUT2D eigenvalue weighted by Crippen LogP contribution is -2.19. The number of benzene rings is 2. The maximum absolute atomic E-state index is 11.2. The van der Waals surface area contributed by atoms with Crippen LogP contribution in [0.4, 0.5) is 5.69 Å². The number of hydroxylamine groups is 1. The Morgan fingerprint density at radius 1 is 1.10 bits per heavy atom. The van der Waals surface area contributed by atoms with Gasteiger partial charge in [-0.25, -0.2) is 5.48 Å². The smallest absolute Gasteiger partial charge is 0.270 e. The molecule has 0 unspecified atom stereocenters. The van der Waals surface area contributed by atoms with Crippen LogP contribution in [0.25, 0.3) is 6.08 Å². The molecule has 0 heterocycles. The second kappa shape index (κ2) is 7.52. The summed E-state index contributed by atoms with van der Waals surface area (Å²) in [6, 6.07) is 17.7. The molecule has 0 saturated carbocycles. The first-order valence-electron chi connectivity index (χ1n) is 6.40. The van der Waals surface area contributed by atoms with Gasteiger partial charge in [0.15, 0.2) is 0 Å². The average molecular weight is 300 g/mol. The van der Waals surface area contributed by atoms with E-state index in [1.54, 1.807) is 18.5 Å². The first-order valence-corrected chi connectivity index (χ1v) is 7.21. The molecule has 0 saturated heterocycles. The minimum atomic E-state index is -0.503. The van der Waals surface area contributed by atoms with Crippen molar-refractivity contribution in [3.63, 3.8) is 0 Å². The fourth-order valence-corrected chi connectivity index (χ4v) is 2.32. The lowest BCUT2D eigenvalue weighted by atomic mass is 10.1. The summed E-state index contributed by atoms with van der Waals surface area (Å²) in [5.41, 5.74) is 3.93. The van der Waals surface area contributed by atoms with E-state index in [4.69, 9.17) is 5.21 Å². The lowest BCUT2D eigenvalue weighted by molar-refractivity contribution is -0.125. The van der Waals surface area contributed by atoms with Crippen molar-refractivity contribution in [2.75, 3.05) is 4.72 Å². The van der Waals surface area contributed by atoms with Crippen LogP contribution >= 0.6 is 11.9 Å². The van der Waals surface area contributed by atoms with Crippen molar-refractivity contribution in [3.8, 4) is 0 Å². The largest absolute Gasteiger partial charge is 0.326 e. The molecule has 0 bridgehead atoms. The Kier molecular flexibility index (Phi) is 5.43. The molecule has 0 fully saturated rings. The summed E-state index contributed by atoms with van der Waals surface area (Å²) in [7, 11) is 0. The number of hydrogen-bond donors (Lipinski definition) is 3. The maximum Gasteiger partial charge on any atom is 0.270 e. The number of carbonyl (C=O) groups is 1. The Hall–Kier alpha value is -2.24. The van der Waals surface area contributed by atoms with Crippen molar-refractivity contribution in [1.82, 2.24) is 5.48 Å². The van der Waals surface area contributed by atoms with E-state index in [0.717, 1.165) is 16.1 Å². The molecule has 3 N–H and O–H groups in total. The highest BCUT2D eigenvalue weighted by Crippen LogP contribution is 2.21. The van der Waals surface area contributed by atoms with E-state index < -0.39 is 5.91 Å². The normalized spacial score (nSPS) is 11.0. The molecule has 1 amide bonds. The molecule has 0 aliphatic carbocycles. The Bertz CT molecular complexity index is 624. The zero-order valence-corrected chi connectivity index (χ0v) is 12.4. The van der Waals surface area contributed by atoms with Crippen molar-refractivity contribution in [2.45, 2.75) is 11.8 Å². The van der Waals surface area contributed by atoms with E-state index in [9.17, 15) is 4.79 Å². The van der Waals surface area contributed by atoms with Crippen molar-refractivity contribution in [1.29, 1.82) is 0 Å². The zero-order chi connectivity index (χ0) is 15.1. The second-order valence-corrected chi connectivity index (χ2v) is 5.29. The van der Waals surface area contributed by atoms with Gasteiger partial charge in [0.05, 0.1) is 0 Å². The van der Waals surface area contributed by atoms with Crippen LogP contribution in [0, 0.1) is 0 Å². The number of carbonyl (C=O) groups excluding carboxylic acids is 1. The molecular weight excluding hydrogens is 284 g/mol. The highest BCUT2D eigenvalue weighted by molar-refractivity contribution is 8.00. The molecule has 5 heteroatoms. The van der Waals surface area contributed by atoms with Gasteiger partial charge in [-0.05, 0) is 54.8 Å². The van der Waals surface area contributed by atoms with Gasteiger partial charge in [0.25, 0.3) is 5.91 Å². The molecule has 2 aromatic rings. The van der Waals surface area contributed by atoms with Crippen molar-refractivity contribution >= 4 is 29.6 Å². The Morgan fingerprint density at radius 2 is 1.76 bits per heavy atom. The number of anilines is 1. The average Bonchev–Trinajstić information content (AvgIpc) is 2.54. The highest BCUT2D eigenvalue weighted by atomic mass is 32.2. The monoisotopic (exact) mass is 300 g/mol. The minimum absolute atomic E-state index is 0.442. The van der Waals surface area contributed by atoms with Crippen LogP contribution in [0.5, 0.6) is 0 Å². The van der Waals surface area contributed by atoms with Gasteiger partial charge in [-0.1, -0.05) is 30.3 Å². The van der Waals surface area contributed by atoms with Gasteiger partial charge in [-0.3, -0.25) is 10.0 Å². The van der Waals surface area contributed by atoms with Gasteiger partial charge in [0.1, 0.15) is 0 Å². The highest BCUT2D eigenvalue weighted by Gasteiger charge is 2.01. The number of rotatable bonds is 5. The third-order valence-corrected chi connectivity index (χ3v) is 3.63. The fourth-order valence-electron chi connectivity index (χ4n) is 1.66. The van der Waals surface area contributed by atoms with Gasteiger partial charge < -0.3 is 4.72 Å². The van der Waals surface area contributed by atoms with E-state index in [1.165, 1.54) is 11.9 Å². The second-order valence-electron chi connectivity index (χ2n) is 4.41. The Morgan fingerprint density at radius 3 is 2.38 bits per heavy atom. The van der Waals surface area contributed by atoms with E-state index in [0.29, 0.717) is 5.57 Å². The summed E-state index contributed by atoms with van der Waals surface area (Å²) in [5, 5.41) is 8.55. The van der Waals surface area contributed by atoms with Gasteiger partial charge in [-0.15, -0.1) is 0 Å².